The van der Waals surface area contributed by atoms with Gasteiger partial charge in [-0.25, -0.2) is 0 Å². The van der Waals surface area contributed by atoms with E-state index in [1.54, 1.807) is 12.1 Å². The van der Waals surface area contributed by atoms with Gasteiger partial charge in [0.05, 0.1) is 16.8 Å². The summed E-state index contributed by atoms with van der Waals surface area (Å²) in [5.41, 5.74) is 0.227. The van der Waals surface area contributed by atoms with E-state index in [1.165, 1.54) is 36.4 Å². The number of ether oxygens (including phenoxy) is 2. The maximum atomic E-state index is 13.0. The van der Waals surface area contributed by atoms with Gasteiger partial charge < -0.3 is 9.47 Å². The van der Waals surface area contributed by atoms with Gasteiger partial charge in [0.15, 0.2) is 12.4 Å². The molecule has 10 nitrogen and oxygen atoms in total. The number of nitrogens with zero attached hydrogens (tertiary/aromatic N) is 2. The highest BCUT2D eigenvalue weighted by molar-refractivity contribution is 6.08. The first kappa shape index (κ1) is 23.1. The topological polar surface area (TPSA) is 133 Å². The van der Waals surface area contributed by atoms with Crippen molar-refractivity contribution in [3.63, 3.8) is 0 Å². The first-order valence-electron chi connectivity index (χ1n) is 12.1. The molecular formula is C27H22N2O8. The summed E-state index contributed by atoms with van der Waals surface area (Å²) in [7, 11) is 0. The standard InChI is InChI=1S/C27H22N2O8/c30-22(14-1-5-16(6-2-14)37-17-7-3-15(4-8-17)29(34)35)13-36-23(31)12-28-26(32)24-18-9-10-19(21-11-20(18)21)25(24)27(28)33/h1-10,18-21,24-25H,11-13H2/t18-,19-,20-,21-,24+,25+/m0/s1. The summed E-state index contributed by atoms with van der Waals surface area (Å²) in [5, 5.41) is 10.7. The molecule has 2 aromatic carbocycles. The molecule has 1 saturated heterocycles. The van der Waals surface area contributed by atoms with Gasteiger partial charge in [0, 0.05) is 17.7 Å². The van der Waals surface area contributed by atoms with E-state index in [0.717, 1.165) is 11.3 Å². The van der Waals surface area contributed by atoms with Gasteiger partial charge >= 0.3 is 5.97 Å². The number of hydrogen-bond acceptors (Lipinski definition) is 8. The average Bonchev–Trinajstić information content (AvgIpc) is 3.69. The highest BCUT2D eigenvalue weighted by atomic mass is 16.6. The largest absolute Gasteiger partial charge is 0.457 e. The van der Waals surface area contributed by atoms with Crippen molar-refractivity contribution < 1.29 is 33.6 Å². The van der Waals surface area contributed by atoms with Crippen LogP contribution in [0.5, 0.6) is 11.5 Å². The van der Waals surface area contributed by atoms with Crippen LogP contribution in [0, 0.1) is 45.6 Å². The Bertz CT molecular complexity index is 1310. The number of Topliss-reactive ketones (excluding diaryl/α,β-unsaturated/α-hetero) is 1. The summed E-state index contributed by atoms with van der Waals surface area (Å²) < 4.78 is 10.7. The van der Waals surface area contributed by atoms with E-state index in [9.17, 15) is 29.3 Å². The van der Waals surface area contributed by atoms with Crippen LogP contribution in [-0.2, 0) is 19.1 Å². The minimum atomic E-state index is -0.808. The summed E-state index contributed by atoms with van der Waals surface area (Å²) in [6, 6.07) is 11.7. The monoisotopic (exact) mass is 502 g/mol. The van der Waals surface area contributed by atoms with Gasteiger partial charge in [-0.15, -0.1) is 0 Å². The van der Waals surface area contributed by atoms with Crippen LogP contribution < -0.4 is 4.74 Å². The fraction of sp³-hybridized carbons (Fsp3) is 0.333. The van der Waals surface area contributed by atoms with Gasteiger partial charge in [0.2, 0.25) is 11.8 Å². The van der Waals surface area contributed by atoms with E-state index >= 15 is 0 Å². The number of esters is 1. The van der Waals surface area contributed by atoms with Gasteiger partial charge in [-0.3, -0.25) is 34.2 Å². The Morgan fingerprint density at radius 3 is 1.97 bits per heavy atom. The van der Waals surface area contributed by atoms with E-state index < -0.39 is 29.8 Å². The average molecular weight is 502 g/mol. The number of imide groups is 1. The molecule has 7 rings (SSSR count). The van der Waals surface area contributed by atoms with Crippen molar-refractivity contribution in [2.75, 3.05) is 13.2 Å². The van der Waals surface area contributed by atoms with Crippen molar-refractivity contribution >= 4 is 29.3 Å². The molecule has 6 atom stereocenters. The molecule has 0 spiro atoms. The molecule has 5 aliphatic rings. The van der Waals surface area contributed by atoms with Crippen LogP contribution >= 0.6 is 0 Å². The third-order valence-corrected chi connectivity index (χ3v) is 7.87. The van der Waals surface area contributed by atoms with Crippen molar-refractivity contribution in [2.45, 2.75) is 6.42 Å². The predicted octanol–water partition coefficient (Wildman–Crippen LogP) is 3.17. The van der Waals surface area contributed by atoms with Gasteiger partial charge in [-0.2, -0.15) is 0 Å². The van der Waals surface area contributed by atoms with E-state index in [2.05, 4.69) is 12.2 Å². The van der Waals surface area contributed by atoms with Gasteiger partial charge in [0.25, 0.3) is 5.69 Å². The maximum Gasteiger partial charge on any atom is 0.326 e. The van der Waals surface area contributed by atoms with Crippen LogP contribution in [0.4, 0.5) is 5.69 Å². The minimum Gasteiger partial charge on any atom is -0.457 e. The van der Waals surface area contributed by atoms with Crippen molar-refractivity contribution in [2.24, 2.45) is 35.5 Å². The van der Waals surface area contributed by atoms with Crippen LogP contribution in [0.2, 0.25) is 0 Å². The zero-order valence-corrected chi connectivity index (χ0v) is 19.5. The normalized spacial score (nSPS) is 28.5. The lowest BCUT2D eigenvalue weighted by atomic mass is 9.63. The van der Waals surface area contributed by atoms with Crippen molar-refractivity contribution in [1.29, 1.82) is 0 Å². The number of nitro benzene ring substituents is 1. The number of carbonyl (C=O) groups is 4. The van der Waals surface area contributed by atoms with Crippen molar-refractivity contribution in [1.82, 2.24) is 4.90 Å². The Kier molecular flexibility index (Phi) is 5.40. The number of rotatable bonds is 8. The molecule has 1 heterocycles. The maximum absolute atomic E-state index is 13.0. The molecule has 10 heteroatoms. The third-order valence-electron chi connectivity index (χ3n) is 7.87. The Morgan fingerprint density at radius 2 is 1.43 bits per heavy atom. The lowest BCUT2D eigenvalue weighted by molar-refractivity contribution is -0.384. The molecule has 2 saturated carbocycles. The Balaban J connectivity index is 1.01. The predicted molar refractivity (Wildman–Crippen MR) is 126 cm³/mol. The Hall–Kier alpha value is -4.34. The number of amides is 2. The molecule has 0 aromatic heterocycles. The lowest BCUT2D eigenvalue weighted by Crippen LogP contribution is -2.40. The van der Waals surface area contributed by atoms with Gasteiger partial charge in [0.1, 0.15) is 18.0 Å². The van der Waals surface area contributed by atoms with Crippen LogP contribution in [-0.4, -0.2) is 46.5 Å². The number of non-ortho nitro benzene ring substituents is 1. The van der Waals surface area contributed by atoms with Crippen LogP contribution in [0.1, 0.15) is 16.8 Å². The molecule has 4 aliphatic carbocycles. The number of ketones is 1. The number of allylic oxidation sites excluding steroid dienone is 2. The first-order chi connectivity index (χ1) is 17.8. The lowest BCUT2D eigenvalue weighted by Gasteiger charge is -2.37. The molecule has 0 N–H and O–H groups in total. The summed E-state index contributed by atoms with van der Waals surface area (Å²) in [6.45, 7) is -1.02. The highest BCUT2D eigenvalue weighted by Crippen LogP contribution is 2.65. The zero-order valence-electron chi connectivity index (χ0n) is 19.5. The SMILES string of the molecule is O=C(CN1C(=O)[C@@H]2[C@H]3C=C[C@@H]([C@@H]4C[C@@H]34)[C@H]2C1=O)OCC(=O)c1ccc(Oc2ccc([N+](=O)[O-])cc2)cc1. The van der Waals surface area contributed by atoms with E-state index in [-0.39, 0.29) is 46.7 Å². The van der Waals surface area contributed by atoms with Gasteiger partial charge in [-0.1, -0.05) is 12.2 Å². The molecule has 2 aromatic rings. The van der Waals surface area contributed by atoms with Crippen molar-refractivity contribution in [3.05, 3.63) is 76.4 Å². The highest BCUT2D eigenvalue weighted by Gasteiger charge is 2.67. The molecule has 0 radical (unpaired) electrons. The summed E-state index contributed by atoms with van der Waals surface area (Å²) in [4.78, 5) is 62.1. The van der Waals surface area contributed by atoms with Crippen LogP contribution in [0.15, 0.2) is 60.7 Å². The molecule has 1 aliphatic heterocycles. The second-order valence-corrected chi connectivity index (χ2v) is 9.88. The first-order valence-corrected chi connectivity index (χ1v) is 12.1. The number of carbonyl (C=O) groups excluding carboxylic acids is 4. The fourth-order valence-electron chi connectivity index (χ4n) is 6.06. The molecule has 3 fully saturated rings. The smallest absolute Gasteiger partial charge is 0.326 e. The Morgan fingerprint density at radius 1 is 0.892 bits per heavy atom. The van der Waals surface area contributed by atoms with E-state index in [4.69, 9.17) is 9.47 Å². The summed E-state index contributed by atoms with van der Waals surface area (Å²) in [5.74, 6) is -0.744. The van der Waals surface area contributed by atoms with E-state index in [0.29, 0.717) is 23.3 Å². The molecule has 37 heavy (non-hydrogen) atoms. The molecule has 2 amide bonds. The molecule has 0 unspecified atom stereocenters. The van der Waals surface area contributed by atoms with Crippen molar-refractivity contribution in [3.8, 4) is 11.5 Å². The third kappa shape index (κ3) is 3.98. The fourth-order valence-corrected chi connectivity index (χ4v) is 6.06. The van der Waals surface area contributed by atoms with Crippen LogP contribution in [0.25, 0.3) is 0 Å². The Labute approximate surface area is 211 Å². The molecule has 188 valence electrons. The second-order valence-electron chi connectivity index (χ2n) is 9.88. The summed E-state index contributed by atoms with van der Waals surface area (Å²) in [6.07, 6.45) is 5.19. The van der Waals surface area contributed by atoms with Crippen LogP contribution in [0.3, 0.4) is 0 Å². The number of benzene rings is 2. The quantitative estimate of drug-likeness (QED) is 0.134. The summed E-state index contributed by atoms with van der Waals surface area (Å²) >= 11 is 0. The number of hydrogen-bond donors (Lipinski definition) is 0. The second kappa shape index (κ2) is 8.65. The van der Waals surface area contributed by atoms with Gasteiger partial charge in [-0.05, 0) is 66.5 Å². The molecular weight excluding hydrogens is 480 g/mol. The number of nitro groups is 1. The zero-order chi connectivity index (χ0) is 25.8. The van der Waals surface area contributed by atoms with E-state index in [1.807, 2.05) is 0 Å². The number of likely N-dealkylation sites (tertiary alicyclic amines) is 1. The molecule has 2 bridgehead atoms. The minimum absolute atomic E-state index is 0.0553.